The molecular weight excluding hydrogens is 424 g/mol. The Morgan fingerprint density at radius 2 is 1.67 bits per heavy atom. The number of unbranched alkanes of at least 4 members (excludes halogenated alkanes) is 1. The van der Waals surface area contributed by atoms with Crippen molar-refractivity contribution < 1.29 is 29.0 Å². The second-order valence-corrected chi connectivity index (χ2v) is 10.5. The minimum absolute atomic E-state index is 0.0109. The molecule has 1 saturated heterocycles. The normalized spacial score (nSPS) is 21.9. The van der Waals surface area contributed by atoms with E-state index in [9.17, 15) is 19.5 Å². The zero-order chi connectivity index (χ0) is 25.4. The molecule has 8 nitrogen and oxygen atoms in total. The van der Waals surface area contributed by atoms with Crippen LogP contribution in [-0.2, 0) is 19.1 Å². The van der Waals surface area contributed by atoms with Crippen LogP contribution in [0.2, 0.25) is 0 Å². The van der Waals surface area contributed by atoms with Gasteiger partial charge in [-0.3, -0.25) is 9.69 Å². The molecule has 1 aliphatic rings. The number of amides is 2. The Morgan fingerprint density at radius 1 is 1.06 bits per heavy atom. The summed E-state index contributed by atoms with van der Waals surface area (Å²) in [5.41, 5.74) is -0.908. The molecule has 188 valence electrons. The van der Waals surface area contributed by atoms with Crippen LogP contribution in [0.4, 0.5) is 4.79 Å². The van der Waals surface area contributed by atoms with Crippen LogP contribution in [0.1, 0.15) is 87.5 Å². The van der Waals surface area contributed by atoms with Gasteiger partial charge >= 0.3 is 12.1 Å². The van der Waals surface area contributed by atoms with E-state index in [0.29, 0.717) is 31.4 Å². The molecule has 0 aromatic carbocycles. The first-order chi connectivity index (χ1) is 15.2. The Hall–Kier alpha value is -2.51. The maximum atomic E-state index is 13.2. The predicted molar refractivity (Wildman–Crippen MR) is 127 cm³/mol. The van der Waals surface area contributed by atoms with E-state index in [-0.39, 0.29) is 17.9 Å². The molecular formula is C25H42N2O6. The van der Waals surface area contributed by atoms with Gasteiger partial charge in [0, 0.05) is 13.0 Å². The van der Waals surface area contributed by atoms with Crippen LogP contribution in [0.5, 0.6) is 0 Å². The largest absolute Gasteiger partial charge is 0.514 e. The number of hydrogen-bond donors (Lipinski definition) is 2. The standard InChI is InChI=1S/C25H42N2O6/c1-9-12-18-15-21(22(30)32-24(3,4)5)27(23(31)33-25(6,7)8)20(18)14-11-10-13-19(16-28)26-17(2)29/h9,12,16,18,20-21,28H,10-11,13-15H2,1-8H3,(H,26,29)/b12-9-,19-16-/t18-,20-,21-/m1/s1. The Labute approximate surface area is 198 Å². The first-order valence-electron chi connectivity index (χ1n) is 11.7. The van der Waals surface area contributed by atoms with Crippen molar-refractivity contribution in [2.75, 3.05) is 0 Å². The van der Waals surface area contributed by atoms with Crippen molar-refractivity contribution in [2.24, 2.45) is 5.92 Å². The van der Waals surface area contributed by atoms with Crippen molar-refractivity contribution in [2.45, 2.75) is 111 Å². The number of hydrogen-bond acceptors (Lipinski definition) is 6. The van der Waals surface area contributed by atoms with Crippen LogP contribution in [0.25, 0.3) is 0 Å². The minimum Gasteiger partial charge on any atom is -0.514 e. The summed E-state index contributed by atoms with van der Waals surface area (Å²) in [5.74, 6) is -0.680. The van der Waals surface area contributed by atoms with Crippen LogP contribution in [0.15, 0.2) is 24.1 Å². The topological polar surface area (TPSA) is 105 Å². The summed E-state index contributed by atoms with van der Waals surface area (Å²) < 4.78 is 11.3. The molecule has 0 aromatic heterocycles. The lowest BCUT2D eigenvalue weighted by Crippen LogP contribution is -2.49. The van der Waals surface area contributed by atoms with Crippen LogP contribution < -0.4 is 5.32 Å². The van der Waals surface area contributed by atoms with Gasteiger partial charge in [-0.05, 0) is 80.1 Å². The minimum atomic E-state index is -0.724. The molecule has 33 heavy (non-hydrogen) atoms. The third-order valence-electron chi connectivity index (χ3n) is 5.09. The number of nitrogens with zero attached hydrogens (tertiary/aromatic N) is 1. The van der Waals surface area contributed by atoms with E-state index in [1.54, 1.807) is 46.4 Å². The molecule has 3 atom stereocenters. The second kappa shape index (κ2) is 12.1. The lowest BCUT2D eigenvalue weighted by atomic mass is 9.94. The molecule has 1 aliphatic heterocycles. The Balaban J connectivity index is 3.07. The molecule has 2 amide bonds. The summed E-state index contributed by atoms with van der Waals surface area (Å²) in [6, 6.07) is -0.951. The van der Waals surface area contributed by atoms with Crippen LogP contribution in [0, 0.1) is 5.92 Å². The summed E-state index contributed by atoms with van der Waals surface area (Å²) in [4.78, 5) is 39.0. The molecule has 0 saturated carbocycles. The number of ether oxygens (including phenoxy) is 2. The Kier molecular flexibility index (Phi) is 10.5. The number of carbonyl (C=O) groups is 3. The summed E-state index contributed by atoms with van der Waals surface area (Å²) in [7, 11) is 0. The van der Waals surface area contributed by atoms with Gasteiger partial charge < -0.3 is 19.9 Å². The monoisotopic (exact) mass is 466 g/mol. The summed E-state index contributed by atoms with van der Waals surface area (Å²) in [6.45, 7) is 14.1. The first-order valence-corrected chi connectivity index (χ1v) is 11.7. The van der Waals surface area contributed by atoms with E-state index in [2.05, 4.69) is 5.32 Å². The highest BCUT2D eigenvalue weighted by molar-refractivity contribution is 5.83. The number of esters is 1. The van der Waals surface area contributed by atoms with Crippen LogP contribution in [-0.4, -0.2) is 51.3 Å². The Morgan fingerprint density at radius 3 is 2.15 bits per heavy atom. The Bertz CT molecular complexity index is 745. The number of aliphatic hydroxyl groups is 1. The SMILES string of the molecule is C/C=C\[C@@H]1C[C@H](C(=O)OC(C)(C)C)N(C(=O)OC(C)(C)C)[C@@H]1CCCC/C(=C/O)NC(C)=O. The third-order valence-corrected chi connectivity index (χ3v) is 5.09. The third kappa shape index (κ3) is 9.88. The molecule has 0 aromatic rings. The maximum Gasteiger partial charge on any atom is 0.411 e. The number of allylic oxidation sites excluding steroid dienone is 2. The van der Waals surface area contributed by atoms with Crippen molar-refractivity contribution in [1.82, 2.24) is 10.2 Å². The van der Waals surface area contributed by atoms with Crippen LogP contribution >= 0.6 is 0 Å². The number of aliphatic hydroxyl groups excluding tert-OH is 1. The van der Waals surface area contributed by atoms with Gasteiger partial charge in [0.25, 0.3) is 0 Å². The van der Waals surface area contributed by atoms with Gasteiger partial charge in [-0.2, -0.15) is 0 Å². The van der Waals surface area contributed by atoms with Crippen molar-refractivity contribution in [3.63, 3.8) is 0 Å². The molecule has 1 heterocycles. The molecule has 0 unspecified atom stereocenters. The summed E-state index contributed by atoms with van der Waals surface area (Å²) in [5, 5.41) is 11.9. The summed E-state index contributed by atoms with van der Waals surface area (Å²) in [6.07, 6.45) is 7.40. The quantitative estimate of drug-likeness (QED) is 0.226. The van der Waals surface area contributed by atoms with E-state index in [1.165, 1.54) is 6.92 Å². The predicted octanol–water partition coefficient (Wildman–Crippen LogP) is 4.99. The molecule has 0 spiro atoms. The summed E-state index contributed by atoms with van der Waals surface area (Å²) >= 11 is 0. The van der Waals surface area contributed by atoms with E-state index in [4.69, 9.17) is 9.47 Å². The highest BCUT2D eigenvalue weighted by Crippen LogP contribution is 2.36. The fraction of sp³-hybridized carbons (Fsp3) is 0.720. The van der Waals surface area contributed by atoms with Crippen molar-refractivity contribution in [3.05, 3.63) is 24.1 Å². The lowest BCUT2D eigenvalue weighted by Gasteiger charge is -2.33. The molecule has 2 N–H and O–H groups in total. The molecule has 1 fully saturated rings. The van der Waals surface area contributed by atoms with E-state index < -0.39 is 29.3 Å². The van der Waals surface area contributed by atoms with Crippen molar-refractivity contribution in [1.29, 1.82) is 0 Å². The van der Waals surface area contributed by atoms with Gasteiger partial charge in [0.2, 0.25) is 5.91 Å². The average molecular weight is 467 g/mol. The average Bonchev–Trinajstić information content (AvgIpc) is 3.00. The molecule has 0 aliphatic carbocycles. The highest BCUT2D eigenvalue weighted by atomic mass is 16.6. The van der Waals surface area contributed by atoms with Crippen molar-refractivity contribution in [3.8, 4) is 0 Å². The number of carbonyl (C=O) groups excluding carboxylic acids is 3. The maximum absolute atomic E-state index is 13.2. The van der Waals surface area contributed by atoms with E-state index >= 15 is 0 Å². The zero-order valence-electron chi connectivity index (χ0n) is 21.4. The number of likely N-dealkylation sites (tertiary alicyclic amines) is 1. The smallest absolute Gasteiger partial charge is 0.411 e. The van der Waals surface area contributed by atoms with Gasteiger partial charge in [-0.25, -0.2) is 9.59 Å². The number of rotatable bonds is 8. The van der Waals surface area contributed by atoms with Gasteiger partial charge in [0.1, 0.15) is 17.2 Å². The fourth-order valence-corrected chi connectivity index (χ4v) is 3.98. The van der Waals surface area contributed by atoms with Crippen molar-refractivity contribution >= 4 is 18.0 Å². The number of nitrogens with one attached hydrogen (secondary N) is 1. The second-order valence-electron chi connectivity index (χ2n) is 10.5. The molecule has 0 bridgehead atoms. The van der Waals surface area contributed by atoms with Gasteiger partial charge in [-0.15, -0.1) is 0 Å². The molecule has 8 heteroatoms. The molecule has 1 rings (SSSR count). The van der Waals surface area contributed by atoms with Gasteiger partial charge in [0.15, 0.2) is 0 Å². The molecule has 0 radical (unpaired) electrons. The van der Waals surface area contributed by atoms with E-state index in [1.807, 2.05) is 19.1 Å². The lowest BCUT2D eigenvalue weighted by molar-refractivity contribution is -0.160. The van der Waals surface area contributed by atoms with Crippen LogP contribution in [0.3, 0.4) is 0 Å². The van der Waals surface area contributed by atoms with Gasteiger partial charge in [-0.1, -0.05) is 18.6 Å². The zero-order valence-corrected chi connectivity index (χ0v) is 21.4. The van der Waals surface area contributed by atoms with Gasteiger partial charge in [0.05, 0.1) is 12.0 Å². The fourth-order valence-electron chi connectivity index (χ4n) is 3.98. The highest BCUT2D eigenvalue weighted by Gasteiger charge is 2.48. The first kappa shape index (κ1) is 28.5. The van der Waals surface area contributed by atoms with E-state index in [0.717, 1.165) is 12.7 Å².